The van der Waals surface area contributed by atoms with E-state index >= 15 is 0 Å². The second-order valence-electron chi connectivity index (χ2n) is 16.0. The number of aryl methyl sites for hydroxylation is 2. The van der Waals surface area contributed by atoms with E-state index in [1.165, 1.54) is 0 Å². The molecule has 4 nitrogen and oxygen atoms in total. The summed E-state index contributed by atoms with van der Waals surface area (Å²) in [6.07, 6.45) is 3.44. The Morgan fingerprint density at radius 2 is 0.805 bits per heavy atom. The van der Waals surface area contributed by atoms with Crippen LogP contribution >= 0.6 is 0 Å². The minimum absolute atomic E-state index is 0.161. The minimum Gasteiger partial charge on any atom is -0.412 e. The van der Waals surface area contributed by atoms with Gasteiger partial charge in [0.05, 0.1) is 21.0 Å². The van der Waals surface area contributed by atoms with Gasteiger partial charge in [0.1, 0.15) is 0 Å². The fourth-order valence-corrected chi connectivity index (χ4v) is 9.33. The van der Waals surface area contributed by atoms with E-state index in [2.05, 4.69) is 95.4 Å². The monoisotopic (exact) mass is 618 g/mol. The van der Waals surface area contributed by atoms with Crippen molar-refractivity contribution in [2.45, 2.75) is 152 Å². The molecule has 232 valence electrons. The zero-order valence-corrected chi connectivity index (χ0v) is 31.3. The number of sulfone groups is 1. The van der Waals surface area contributed by atoms with Gasteiger partial charge in [-0.2, -0.15) is 0 Å². The summed E-state index contributed by atoms with van der Waals surface area (Å²) in [4.78, 5) is 0.657. The standard InChI is InChI=1S/C34H58O4SSi2/c1-31(2,3)40(11,12)37-33(7,8)25-23-27-15-19-29(20-16-27)39(35,36)30-21-17-28(18-22-30)24-26-34(9,10)38-41(13,14)32(4,5)6/h15-22H,23-26H2,1-14H3. The zero-order chi connectivity index (χ0) is 31.7. The Kier molecular flexibility index (Phi) is 10.9. The summed E-state index contributed by atoms with van der Waals surface area (Å²) in [6, 6.07) is 14.7. The second kappa shape index (κ2) is 12.4. The second-order valence-corrected chi connectivity index (χ2v) is 27.4. The summed E-state index contributed by atoms with van der Waals surface area (Å²) in [5, 5.41) is 0.322. The Bertz CT molecular complexity index is 1150. The summed E-state index contributed by atoms with van der Waals surface area (Å²) >= 11 is 0. The van der Waals surface area contributed by atoms with Gasteiger partial charge in [-0.15, -0.1) is 0 Å². The van der Waals surface area contributed by atoms with E-state index in [0.717, 1.165) is 36.8 Å². The Balaban J connectivity index is 2.04. The number of hydrogen-bond acceptors (Lipinski definition) is 4. The lowest BCUT2D eigenvalue weighted by Crippen LogP contribution is -2.47. The van der Waals surface area contributed by atoms with Gasteiger partial charge in [-0.25, -0.2) is 8.42 Å². The zero-order valence-electron chi connectivity index (χ0n) is 28.5. The molecule has 0 N–H and O–H groups in total. The number of benzene rings is 2. The Labute approximate surface area is 254 Å². The quantitative estimate of drug-likeness (QED) is 0.222. The minimum atomic E-state index is -3.58. The van der Waals surface area contributed by atoms with Crippen LogP contribution in [0.3, 0.4) is 0 Å². The van der Waals surface area contributed by atoms with Crippen molar-refractivity contribution in [1.29, 1.82) is 0 Å². The average Bonchev–Trinajstić information content (AvgIpc) is 2.79. The third kappa shape index (κ3) is 9.89. The van der Waals surface area contributed by atoms with Gasteiger partial charge in [-0.1, -0.05) is 65.8 Å². The first-order valence-electron chi connectivity index (χ1n) is 15.1. The molecule has 2 aromatic rings. The van der Waals surface area contributed by atoms with Gasteiger partial charge in [0.25, 0.3) is 0 Å². The van der Waals surface area contributed by atoms with Crippen LogP contribution in [0.25, 0.3) is 0 Å². The summed E-state index contributed by atoms with van der Waals surface area (Å²) in [6.45, 7) is 31.3. The van der Waals surface area contributed by atoms with Gasteiger partial charge < -0.3 is 8.85 Å². The molecule has 41 heavy (non-hydrogen) atoms. The lowest BCUT2D eigenvalue weighted by molar-refractivity contribution is 0.0822. The maximum atomic E-state index is 13.4. The summed E-state index contributed by atoms with van der Waals surface area (Å²) < 4.78 is 40.1. The predicted octanol–water partition coefficient (Wildman–Crippen LogP) is 9.99. The number of rotatable bonds is 12. The van der Waals surface area contributed by atoms with Crippen molar-refractivity contribution in [3.05, 3.63) is 59.7 Å². The third-order valence-electron chi connectivity index (χ3n) is 9.17. The van der Waals surface area contributed by atoms with Crippen molar-refractivity contribution in [1.82, 2.24) is 0 Å². The highest BCUT2D eigenvalue weighted by atomic mass is 32.2. The Hall–Kier alpha value is -1.26. The van der Waals surface area contributed by atoms with E-state index < -0.39 is 26.5 Å². The largest absolute Gasteiger partial charge is 0.412 e. The SMILES string of the molecule is CC(C)(CCc1ccc(S(=O)(=O)c2ccc(CCC(C)(C)O[Si](C)(C)C(C)(C)C)cc2)cc1)O[Si](C)(C)C(C)(C)C. The molecule has 0 fully saturated rings. The van der Waals surface area contributed by atoms with Gasteiger partial charge in [0.2, 0.25) is 9.84 Å². The summed E-state index contributed by atoms with van der Waals surface area (Å²) in [5.41, 5.74) is 1.77. The van der Waals surface area contributed by atoms with Crippen molar-refractivity contribution < 1.29 is 17.3 Å². The first-order valence-corrected chi connectivity index (χ1v) is 22.4. The van der Waals surface area contributed by atoms with Crippen molar-refractivity contribution in [3.63, 3.8) is 0 Å². The molecular formula is C34H58O4SSi2. The molecule has 0 heterocycles. The van der Waals surface area contributed by atoms with Crippen LogP contribution < -0.4 is 0 Å². The van der Waals surface area contributed by atoms with Crippen molar-refractivity contribution in [3.8, 4) is 0 Å². The van der Waals surface area contributed by atoms with Crippen LogP contribution in [0.15, 0.2) is 58.3 Å². The lowest BCUT2D eigenvalue weighted by Gasteiger charge is -2.43. The van der Waals surface area contributed by atoms with Crippen LogP contribution in [0.1, 0.15) is 93.2 Å². The Morgan fingerprint density at radius 3 is 1.05 bits per heavy atom. The fraction of sp³-hybridized carbons (Fsp3) is 0.647. The van der Waals surface area contributed by atoms with Crippen LogP contribution in [0.4, 0.5) is 0 Å². The van der Waals surface area contributed by atoms with Gasteiger partial charge in [-0.05, 0) is 125 Å². The smallest absolute Gasteiger partial charge is 0.206 e. The molecule has 0 aliphatic carbocycles. The molecule has 0 saturated heterocycles. The molecule has 0 aromatic heterocycles. The maximum Gasteiger partial charge on any atom is 0.206 e. The lowest BCUT2D eigenvalue weighted by atomic mass is 9.99. The molecule has 0 atom stereocenters. The van der Waals surface area contributed by atoms with Crippen molar-refractivity contribution in [2.24, 2.45) is 0 Å². The highest BCUT2D eigenvalue weighted by Crippen LogP contribution is 2.41. The molecule has 0 aliphatic heterocycles. The molecule has 0 aliphatic rings. The molecule has 0 saturated carbocycles. The topological polar surface area (TPSA) is 52.6 Å². The van der Waals surface area contributed by atoms with E-state index in [1.807, 2.05) is 24.3 Å². The van der Waals surface area contributed by atoms with Crippen molar-refractivity contribution in [2.75, 3.05) is 0 Å². The molecule has 0 amide bonds. The van der Waals surface area contributed by atoms with Gasteiger partial charge in [-0.3, -0.25) is 0 Å². The van der Waals surface area contributed by atoms with Crippen LogP contribution in [-0.2, 0) is 31.5 Å². The van der Waals surface area contributed by atoms with E-state index in [1.54, 1.807) is 24.3 Å². The van der Waals surface area contributed by atoms with E-state index in [4.69, 9.17) is 8.85 Å². The van der Waals surface area contributed by atoms with Crippen LogP contribution in [0, 0.1) is 0 Å². The molecule has 0 spiro atoms. The summed E-state index contributed by atoms with van der Waals surface area (Å²) in [7, 11) is -7.32. The molecule has 7 heteroatoms. The highest BCUT2D eigenvalue weighted by Gasteiger charge is 2.42. The first kappa shape index (κ1) is 35.9. The molecule has 0 radical (unpaired) electrons. The van der Waals surface area contributed by atoms with Crippen LogP contribution in [0.2, 0.25) is 36.3 Å². The number of hydrogen-bond donors (Lipinski definition) is 0. The summed E-state index contributed by atoms with van der Waals surface area (Å²) in [5.74, 6) is 0. The molecule has 0 bridgehead atoms. The van der Waals surface area contributed by atoms with E-state index in [-0.39, 0.29) is 21.3 Å². The molecule has 0 unspecified atom stereocenters. The molecule has 2 rings (SSSR count). The third-order valence-corrected chi connectivity index (χ3v) is 20.3. The van der Waals surface area contributed by atoms with E-state index in [0.29, 0.717) is 9.79 Å². The first-order chi connectivity index (χ1) is 18.3. The predicted molar refractivity (Wildman–Crippen MR) is 180 cm³/mol. The maximum absolute atomic E-state index is 13.4. The van der Waals surface area contributed by atoms with Gasteiger partial charge in [0, 0.05) is 0 Å². The van der Waals surface area contributed by atoms with Gasteiger partial charge in [0.15, 0.2) is 16.6 Å². The van der Waals surface area contributed by atoms with Crippen LogP contribution in [0.5, 0.6) is 0 Å². The Morgan fingerprint density at radius 1 is 0.537 bits per heavy atom. The van der Waals surface area contributed by atoms with Crippen LogP contribution in [-0.4, -0.2) is 36.3 Å². The van der Waals surface area contributed by atoms with E-state index in [9.17, 15) is 8.42 Å². The van der Waals surface area contributed by atoms with Gasteiger partial charge >= 0.3 is 0 Å². The highest BCUT2D eigenvalue weighted by molar-refractivity contribution is 7.91. The fourth-order valence-electron chi connectivity index (χ4n) is 4.49. The molecule has 2 aromatic carbocycles. The average molecular weight is 619 g/mol. The molecular weight excluding hydrogens is 561 g/mol. The normalized spacial score (nSPS) is 14.4. The van der Waals surface area contributed by atoms with Crippen molar-refractivity contribution >= 4 is 26.5 Å².